The normalized spacial score (nSPS) is 15.2. The highest BCUT2D eigenvalue weighted by molar-refractivity contribution is 7.95. The summed E-state index contributed by atoms with van der Waals surface area (Å²) in [6, 6.07) is 39.8. The number of nitrogens with zero attached hydrogens (tertiary/aromatic N) is 3. The number of benzene rings is 3. The van der Waals surface area contributed by atoms with Crippen molar-refractivity contribution in [1.29, 1.82) is 0 Å². The second kappa shape index (κ2) is 17.8. The average Bonchev–Trinajstić information content (AvgIpc) is 3.99. The van der Waals surface area contributed by atoms with Crippen molar-refractivity contribution in [2.75, 3.05) is 19.8 Å². The Hall–Kier alpha value is -5.58. The molecule has 0 unspecified atom stereocenters. The quantitative estimate of drug-likeness (QED) is 0.121. The van der Waals surface area contributed by atoms with Crippen molar-refractivity contribution in [2.24, 2.45) is 0 Å². The lowest BCUT2D eigenvalue weighted by Gasteiger charge is -2.28. The molecule has 0 fully saturated rings. The van der Waals surface area contributed by atoms with Crippen LogP contribution in [0.1, 0.15) is 109 Å². The topological polar surface area (TPSA) is 77.7 Å². The van der Waals surface area contributed by atoms with Gasteiger partial charge in [-0.2, -0.15) is 0 Å². The van der Waals surface area contributed by atoms with Crippen LogP contribution in [0.15, 0.2) is 109 Å². The lowest BCUT2D eigenvalue weighted by Crippen LogP contribution is -2.35. The Morgan fingerprint density at radius 3 is 1.75 bits per heavy atom. The molecule has 3 aromatic carbocycles. The first-order valence-electron chi connectivity index (χ1n) is 22.2. The van der Waals surface area contributed by atoms with Crippen molar-refractivity contribution in [1.82, 2.24) is 24.8 Å². The number of hydrogen-bond acceptors (Lipinski definition) is 3. The summed E-state index contributed by atoms with van der Waals surface area (Å²) in [4.78, 5) is 34.3. The Morgan fingerprint density at radius 2 is 1.21 bits per heavy atom. The van der Waals surface area contributed by atoms with Gasteiger partial charge in [-0.25, -0.2) is 4.98 Å². The Morgan fingerprint density at radius 1 is 0.689 bits per heavy atom. The van der Waals surface area contributed by atoms with Gasteiger partial charge in [0.15, 0.2) is 0 Å². The lowest BCUT2D eigenvalue weighted by atomic mass is 9.85. The number of carbonyl (C=O) groups is 1. The number of H-pyrrole nitrogens is 2. The average molecular weight is 827 g/mol. The summed E-state index contributed by atoms with van der Waals surface area (Å²) >= 11 is 0. The van der Waals surface area contributed by atoms with E-state index in [0.717, 1.165) is 87.8 Å². The molecule has 2 aliphatic rings. The molecule has 0 saturated heterocycles. The van der Waals surface area contributed by atoms with Gasteiger partial charge in [-0.3, -0.25) is 9.78 Å². The van der Waals surface area contributed by atoms with Crippen LogP contribution in [0.2, 0.25) is 0 Å². The van der Waals surface area contributed by atoms with E-state index in [-0.39, 0.29) is 17.7 Å². The van der Waals surface area contributed by atoms with Gasteiger partial charge in [0.25, 0.3) is 0 Å². The molecule has 2 aliphatic heterocycles. The molecule has 7 heteroatoms. The summed E-state index contributed by atoms with van der Waals surface area (Å²) in [5, 5.41) is 4.13. The number of carbonyl (C=O) groups excluding carboxylic acids is 1. The first-order valence-corrected chi connectivity index (χ1v) is 24.2. The third-order valence-electron chi connectivity index (χ3n) is 13.6. The summed E-state index contributed by atoms with van der Waals surface area (Å²) in [7, 11) is 0.0134. The highest BCUT2D eigenvalue weighted by atomic mass is 31.2. The fraction of sp³-hybridized carbons (Fsp3) is 0.315. The van der Waals surface area contributed by atoms with Gasteiger partial charge in [0.2, 0.25) is 5.91 Å². The second-order valence-electron chi connectivity index (χ2n) is 17.2. The van der Waals surface area contributed by atoms with Gasteiger partial charge < -0.3 is 14.9 Å². The van der Waals surface area contributed by atoms with Crippen molar-refractivity contribution in [3.05, 3.63) is 160 Å². The van der Waals surface area contributed by atoms with Gasteiger partial charge in [0.1, 0.15) is 23.2 Å². The minimum absolute atomic E-state index is 0.0865. The zero-order chi connectivity index (χ0) is 42.8. The predicted octanol–water partition coefficient (Wildman–Crippen LogP) is 11.4. The summed E-state index contributed by atoms with van der Waals surface area (Å²) in [6.45, 7) is 16.2. The number of fused-ring (bicyclic) bond motifs is 8. The maximum absolute atomic E-state index is 14.1. The molecule has 0 radical (unpaired) electrons. The van der Waals surface area contributed by atoms with Crippen LogP contribution in [0.25, 0.3) is 33.7 Å². The van der Waals surface area contributed by atoms with Crippen LogP contribution in [-0.2, 0) is 17.6 Å². The van der Waals surface area contributed by atoms with Crippen LogP contribution in [0.4, 0.5) is 0 Å². The van der Waals surface area contributed by atoms with E-state index in [2.05, 4.69) is 174 Å². The number of aromatic amines is 2. The molecule has 5 heterocycles. The predicted molar refractivity (Wildman–Crippen MR) is 260 cm³/mol. The van der Waals surface area contributed by atoms with E-state index in [0.29, 0.717) is 13.0 Å². The fourth-order valence-electron chi connectivity index (χ4n) is 9.93. The van der Waals surface area contributed by atoms with Crippen LogP contribution >= 0.6 is 7.26 Å². The summed E-state index contributed by atoms with van der Waals surface area (Å²) in [6.07, 6.45) is 7.13. The van der Waals surface area contributed by atoms with E-state index in [1.165, 1.54) is 38.2 Å². The van der Waals surface area contributed by atoms with Crippen molar-refractivity contribution in [3.8, 4) is 0 Å². The van der Waals surface area contributed by atoms with Crippen LogP contribution in [0.3, 0.4) is 0 Å². The van der Waals surface area contributed by atoms with E-state index >= 15 is 0 Å². The fourth-order valence-corrected chi connectivity index (χ4v) is 14.3. The maximum atomic E-state index is 14.1. The third-order valence-corrected chi connectivity index (χ3v) is 18.1. The molecule has 61 heavy (non-hydrogen) atoms. The molecule has 0 aliphatic carbocycles. The summed E-state index contributed by atoms with van der Waals surface area (Å²) in [5.41, 5.74) is 15.9. The minimum atomic E-state index is -1.97. The number of rotatable bonds is 12. The van der Waals surface area contributed by atoms with Crippen LogP contribution in [0.5, 0.6) is 0 Å². The number of amides is 1. The number of aromatic nitrogens is 4. The van der Waals surface area contributed by atoms with Gasteiger partial charge in [0, 0.05) is 65.3 Å². The zero-order valence-corrected chi connectivity index (χ0v) is 38.2. The van der Waals surface area contributed by atoms with Crippen molar-refractivity contribution in [3.63, 3.8) is 0 Å². The molecule has 8 rings (SSSR count). The minimum Gasteiger partial charge on any atom is -0.355 e. The van der Waals surface area contributed by atoms with Gasteiger partial charge in [0.05, 0.1) is 17.5 Å². The van der Waals surface area contributed by atoms with Crippen LogP contribution < -0.4 is 15.9 Å². The Bertz CT molecular complexity index is 2650. The molecule has 2 N–H and O–H groups in total. The standard InChI is InChI=1S/C54H61N5OP/c1-9-43-37(5)49-34-52-44(10-2)36(4)48(56-52)33-50-38(6)45(54(58-50)39(7)47-31-35(3)46(55-47)32-51(43)57-49)27-28-53(60)59(8)29-20-30-61(40-21-14-11-15-22-40,41-23-16-12-17-24-41)42-25-18-13-19-26-42/h11-19,21-26,31-34,38,45,56-57H,9-10,20,27-30H2,1-8H3/q+1/t38-,45-/m0/s1. The molecular weight excluding hydrogens is 766 g/mol. The molecule has 0 saturated carbocycles. The number of aryl methyl sites for hydroxylation is 4. The van der Waals surface area contributed by atoms with E-state index in [1.54, 1.807) is 0 Å². The monoisotopic (exact) mass is 826 g/mol. The van der Waals surface area contributed by atoms with Gasteiger partial charge in [-0.15, -0.1) is 0 Å². The molecule has 0 spiro atoms. The van der Waals surface area contributed by atoms with E-state index < -0.39 is 7.26 Å². The highest BCUT2D eigenvalue weighted by Crippen LogP contribution is 2.55. The molecular formula is C54H61N5OP+. The Kier molecular flexibility index (Phi) is 12.3. The molecule has 312 valence electrons. The lowest BCUT2D eigenvalue weighted by molar-refractivity contribution is -0.130. The van der Waals surface area contributed by atoms with Gasteiger partial charge in [-0.1, -0.05) is 75.4 Å². The molecule has 6 aromatic rings. The van der Waals surface area contributed by atoms with Crippen LogP contribution in [0, 0.1) is 20.8 Å². The highest BCUT2D eigenvalue weighted by Gasteiger charge is 2.44. The van der Waals surface area contributed by atoms with Crippen molar-refractivity contribution in [2.45, 2.75) is 92.4 Å². The number of hydrogen-bond donors (Lipinski definition) is 2. The van der Waals surface area contributed by atoms with Crippen LogP contribution in [-0.4, -0.2) is 50.5 Å². The van der Waals surface area contributed by atoms with Gasteiger partial charge >= 0.3 is 0 Å². The van der Waals surface area contributed by atoms with Crippen molar-refractivity contribution < 1.29 is 4.79 Å². The largest absolute Gasteiger partial charge is 0.355 e. The van der Waals surface area contributed by atoms with Gasteiger partial charge in [-0.05, 0) is 147 Å². The molecule has 6 nitrogen and oxygen atoms in total. The molecule has 8 bridgehead atoms. The smallest absolute Gasteiger partial charge is 0.222 e. The maximum Gasteiger partial charge on any atom is 0.222 e. The summed E-state index contributed by atoms with van der Waals surface area (Å²) in [5.74, 6) is 0.403. The van der Waals surface area contributed by atoms with E-state index in [9.17, 15) is 4.79 Å². The first-order chi connectivity index (χ1) is 29.5. The molecule has 2 atom stereocenters. The zero-order valence-electron chi connectivity index (χ0n) is 37.3. The first kappa shape index (κ1) is 42.1. The third kappa shape index (κ3) is 8.04. The SMILES string of the molecule is CCc1c(C)c2cc3[nH]c(cc4nc(c(C)c5nc(cc1[nH]2)C(C)=C5)[C@@H](CCC(=O)N(C)CCC[P+](c1ccccc1)(c1ccccc1)c1ccccc1)[C@@H]4C)c(C)c3CC. The summed E-state index contributed by atoms with van der Waals surface area (Å²) < 4.78 is 0. The second-order valence-corrected chi connectivity index (χ2v) is 20.8. The number of nitrogens with one attached hydrogen (secondary N) is 2. The molecule has 3 aromatic heterocycles. The Balaban J connectivity index is 1.10. The van der Waals surface area contributed by atoms with E-state index in [4.69, 9.17) is 9.97 Å². The molecule has 1 amide bonds. The van der Waals surface area contributed by atoms with Crippen molar-refractivity contribution >= 4 is 62.8 Å². The van der Waals surface area contributed by atoms with E-state index in [1.807, 2.05) is 11.9 Å². The number of allylic oxidation sites excluding steroid dienone is 1. The Labute approximate surface area is 363 Å².